The number of alkyl halides is 3. The van der Waals surface area contributed by atoms with Gasteiger partial charge in [0.25, 0.3) is 10.0 Å². The summed E-state index contributed by atoms with van der Waals surface area (Å²) in [5.74, 6) is 0.653. The summed E-state index contributed by atoms with van der Waals surface area (Å²) < 4.78 is 73.7. The van der Waals surface area contributed by atoms with Crippen molar-refractivity contribution in [3.05, 3.63) is 72.7 Å². The summed E-state index contributed by atoms with van der Waals surface area (Å²) in [5.41, 5.74) is 0.0876. The van der Waals surface area contributed by atoms with Gasteiger partial charge in [0.05, 0.1) is 29.0 Å². The Bertz CT molecular complexity index is 1330. The molecule has 0 fully saturated rings. The third-order valence-electron chi connectivity index (χ3n) is 4.45. The highest BCUT2D eigenvalue weighted by molar-refractivity contribution is 7.92. The molecule has 0 aliphatic rings. The van der Waals surface area contributed by atoms with Crippen molar-refractivity contribution in [1.82, 2.24) is 14.4 Å². The van der Waals surface area contributed by atoms with Crippen molar-refractivity contribution in [2.45, 2.75) is 11.1 Å². The number of fused-ring (bicyclic) bond motifs is 1. The fourth-order valence-corrected chi connectivity index (χ4v) is 4.07. The Hall–Kier alpha value is -3.60. The molecule has 7 nitrogen and oxygen atoms in total. The maximum atomic E-state index is 13.0. The number of anilines is 1. The zero-order chi connectivity index (χ0) is 22.2. The van der Waals surface area contributed by atoms with Crippen LogP contribution in [-0.4, -0.2) is 29.9 Å². The van der Waals surface area contributed by atoms with E-state index in [4.69, 9.17) is 4.74 Å². The molecule has 2 aromatic carbocycles. The molecule has 0 unspecified atom stereocenters. The lowest BCUT2D eigenvalue weighted by Crippen LogP contribution is -2.15. The van der Waals surface area contributed by atoms with Gasteiger partial charge in [0.15, 0.2) is 0 Å². The zero-order valence-corrected chi connectivity index (χ0v) is 16.8. The number of hydrogen-bond donors (Lipinski definition) is 1. The Morgan fingerprint density at radius 2 is 1.90 bits per heavy atom. The number of hydrogen-bond acceptors (Lipinski definition) is 5. The molecular formula is C20H15F3N4O3S. The maximum Gasteiger partial charge on any atom is 0.416 e. The van der Waals surface area contributed by atoms with E-state index in [1.54, 1.807) is 35.1 Å². The lowest BCUT2D eigenvalue weighted by Gasteiger charge is -2.14. The lowest BCUT2D eigenvalue weighted by molar-refractivity contribution is -0.137. The first kappa shape index (κ1) is 20.7. The highest BCUT2D eigenvalue weighted by Crippen LogP contribution is 2.34. The normalized spacial score (nSPS) is 12.1. The van der Waals surface area contributed by atoms with Gasteiger partial charge < -0.3 is 4.74 Å². The SMILES string of the molecule is COc1ccc(-c2cn3cccnc3n2)cc1NS(=O)(=O)c1cccc(C(F)(F)F)c1. The van der Waals surface area contributed by atoms with Crippen LogP contribution >= 0.6 is 0 Å². The minimum Gasteiger partial charge on any atom is -0.495 e. The second-order valence-corrected chi connectivity index (χ2v) is 8.18. The molecule has 4 aromatic rings. The van der Waals surface area contributed by atoms with Crippen LogP contribution < -0.4 is 9.46 Å². The summed E-state index contributed by atoms with van der Waals surface area (Å²) in [7, 11) is -2.97. The van der Waals surface area contributed by atoms with Gasteiger partial charge in [-0.3, -0.25) is 9.12 Å². The molecule has 0 bridgehead atoms. The van der Waals surface area contributed by atoms with E-state index in [1.165, 1.54) is 19.2 Å². The third kappa shape index (κ3) is 4.17. The number of halogens is 3. The number of imidazole rings is 1. The Morgan fingerprint density at radius 3 is 2.61 bits per heavy atom. The minimum absolute atomic E-state index is 0.0578. The van der Waals surface area contributed by atoms with Crippen molar-refractivity contribution < 1.29 is 26.3 Å². The summed E-state index contributed by atoms with van der Waals surface area (Å²) in [6.45, 7) is 0. The van der Waals surface area contributed by atoms with Crippen LogP contribution in [-0.2, 0) is 16.2 Å². The van der Waals surface area contributed by atoms with Gasteiger partial charge in [0.2, 0.25) is 5.78 Å². The highest BCUT2D eigenvalue weighted by Gasteiger charge is 2.31. The number of nitrogens with zero attached hydrogens (tertiary/aromatic N) is 3. The Kier molecular flexibility index (Phi) is 5.05. The first-order valence-electron chi connectivity index (χ1n) is 8.85. The lowest BCUT2D eigenvalue weighted by atomic mass is 10.1. The van der Waals surface area contributed by atoms with Crippen LogP contribution in [0, 0.1) is 0 Å². The fraction of sp³-hybridized carbons (Fsp3) is 0.100. The van der Waals surface area contributed by atoms with E-state index < -0.39 is 26.7 Å². The van der Waals surface area contributed by atoms with Gasteiger partial charge in [-0.25, -0.2) is 18.4 Å². The van der Waals surface area contributed by atoms with Gasteiger partial charge in [0, 0.05) is 24.2 Å². The summed E-state index contributed by atoms with van der Waals surface area (Å²) in [4.78, 5) is 7.99. The first-order valence-corrected chi connectivity index (χ1v) is 10.3. The molecule has 0 saturated carbocycles. The average Bonchev–Trinajstić information content (AvgIpc) is 3.17. The van der Waals surface area contributed by atoms with Crippen LogP contribution in [0.2, 0.25) is 0 Å². The molecule has 0 aliphatic carbocycles. The van der Waals surface area contributed by atoms with E-state index in [1.807, 2.05) is 0 Å². The van der Waals surface area contributed by atoms with E-state index in [0.717, 1.165) is 18.2 Å². The van der Waals surface area contributed by atoms with Crippen LogP contribution in [0.3, 0.4) is 0 Å². The molecule has 0 spiro atoms. The topological polar surface area (TPSA) is 85.6 Å². The number of ether oxygens (including phenoxy) is 1. The number of aromatic nitrogens is 3. The number of rotatable bonds is 5. The molecule has 0 aliphatic heterocycles. The molecule has 2 aromatic heterocycles. The van der Waals surface area contributed by atoms with E-state index >= 15 is 0 Å². The van der Waals surface area contributed by atoms with Crippen LogP contribution in [0.4, 0.5) is 18.9 Å². The van der Waals surface area contributed by atoms with Crippen LogP contribution in [0.5, 0.6) is 5.75 Å². The summed E-state index contributed by atoms with van der Waals surface area (Å²) in [6.07, 6.45) is 0.407. The second kappa shape index (κ2) is 7.58. The van der Waals surface area contributed by atoms with Crippen LogP contribution in [0.25, 0.3) is 17.0 Å². The first-order chi connectivity index (χ1) is 14.7. The molecule has 0 radical (unpaired) electrons. The van der Waals surface area contributed by atoms with E-state index in [2.05, 4.69) is 14.7 Å². The number of sulfonamides is 1. The smallest absolute Gasteiger partial charge is 0.416 e. The molecule has 11 heteroatoms. The van der Waals surface area contributed by atoms with Gasteiger partial charge in [-0.15, -0.1) is 0 Å². The molecule has 0 atom stereocenters. The highest BCUT2D eigenvalue weighted by atomic mass is 32.2. The zero-order valence-electron chi connectivity index (χ0n) is 16.0. The Balaban J connectivity index is 1.73. The summed E-state index contributed by atoms with van der Waals surface area (Å²) >= 11 is 0. The molecule has 31 heavy (non-hydrogen) atoms. The Morgan fingerprint density at radius 1 is 1.10 bits per heavy atom. The van der Waals surface area contributed by atoms with Gasteiger partial charge in [-0.2, -0.15) is 13.2 Å². The third-order valence-corrected chi connectivity index (χ3v) is 5.81. The van der Waals surface area contributed by atoms with Gasteiger partial charge in [-0.1, -0.05) is 6.07 Å². The fourth-order valence-electron chi connectivity index (χ4n) is 2.96. The summed E-state index contributed by atoms with van der Waals surface area (Å²) in [6, 6.07) is 9.95. The van der Waals surface area contributed by atoms with Crippen molar-refractivity contribution in [1.29, 1.82) is 0 Å². The van der Waals surface area contributed by atoms with Gasteiger partial charge in [0.1, 0.15) is 5.75 Å². The standard InChI is InChI=1S/C20H15F3N4O3S/c1-30-18-7-6-13(17-12-27-9-3-8-24-19(27)25-17)10-16(18)26-31(28,29)15-5-2-4-14(11-15)20(21,22)23/h2-12,26H,1H3. The van der Waals surface area contributed by atoms with Crippen LogP contribution in [0.15, 0.2) is 72.0 Å². The molecular weight excluding hydrogens is 433 g/mol. The van der Waals surface area contributed by atoms with E-state index in [-0.39, 0.29) is 11.4 Å². The summed E-state index contributed by atoms with van der Waals surface area (Å²) in [5, 5.41) is 0. The molecule has 1 N–H and O–H groups in total. The quantitative estimate of drug-likeness (QED) is 0.494. The maximum absolute atomic E-state index is 13.0. The second-order valence-electron chi connectivity index (χ2n) is 6.50. The minimum atomic E-state index is -4.67. The van der Waals surface area contributed by atoms with Crippen molar-refractivity contribution in [3.8, 4) is 17.0 Å². The largest absolute Gasteiger partial charge is 0.495 e. The van der Waals surface area contributed by atoms with E-state index in [9.17, 15) is 21.6 Å². The Labute approximate surface area is 175 Å². The molecule has 4 rings (SSSR count). The molecule has 160 valence electrons. The average molecular weight is 448 g/mol. The van der Waals surface area contributed by atoms with Crippen molar-refractivity contribution in [2.75, 3.05) is 11.8 Å². The monoisotopic (exact) mass is 448 g/mol. The van der Waals surface area contributed by atoms with Crippen molar-refractivity contribution >= 4 is 21.5 Å². The predicted molar refractivity (Wildman–Crippen MR) is 107 cm³/mol. The van der Waals surface area contributed by atoms with E-state index in [0.29, 0.717) is 23.1 Å². The predicted octanol–water partition coefficient (Wildman–Crippen LogP) is 4.22. The van der Waals surface area contributed by atoms with Crippen molar-refractivity contribution in [3.63, 3.8) is 0 Å². The van der Waals surface area contributed by atoms with Crippen LogP contribution in [0.1, 0.15) is 5.56 Å². The molecule has 2 heterocycles. The number of methoxy groups -OCH3 is 1. The van der Waals surface area contributed by atoms with Gasteiger partial charge >= 0.3 is 6.18 Å². The molecule has 0 amide bonds. The van der Waals surface area contributed by atoms with Crippen molar-refractivity contribution in [2.24, 2.45) is 0 Å². The number of benzene rings is 2. The van der Waals surface area contributed by atoms with Gasteiger partial charge in [-0.05, 0) is 42.5 Å². The number of nitrogens with one attached hydrogen (secondary N) is 1. The molecule has 0 saturated heterocycles.